The van der Waals surface area contributed by atoms with Crippen LogP contribution in [0.15, 0.2) is 36.8 Å². The molecule has 9 heteroatoms. The summed E-state index contributed by atoms with van der Waals surface area (Å²) in [6.45, 7) is 2.88. The fourth-order valence-corrected chi connectivity index (χ4v) is 4.87. The number of ketones is 1. The molecule has 1 unspecified atom stereocenters. The Morgan fingerprint density at radius 3 is 2.91 bits per heavy atom. The van der Waals surface area contributed by atoms with Gasteiger partial charge in [0.25, 0.3) is 12.2 Å². The molecule has 0 saturated carbocycles. The molecule has 3 aromatic heterocycles. The Morgan fingerprint density at radius 1 is 1.30 bits per heavy atom. The van der Waals surface area contributed by atoms with Gasteiger partial charge in [-0.05, 0) is 69.0 Å². The monoisotopic (exact) mass is 452 g/mol. The van der Waals surface area contributed by atoms with E-state index in [9.17, 15) is 13.6 Å². The third-order valence-electron chi connectivity index (χ3n) is 6.66. The lowest BCUT2D eigenvalue weighted by atomic mass is 9.86. The zero-order valence-electron chi connectivity index (χ0n) is 18.6. The van der Waals surface area contributed by atoms with E-state index in [1.54, 1.807) is 0 Å². The van der Waals surface area contributed by atoms with Crippen molar-refractivity contribution in [1.82, 2.24) is 29.5 Å². The Hall–Kier alpha value is -3.20. The number of nitrogens with one attached hydrogen (secondary N) is 1. The highest BCUT2D eigenvalue weighted by Crippen LogP contribution is 2.32. The van der Waals surface area contributed by atoms with Gasteiger partial charge in [-0.25, -0.2) is 18.3 Å². The second-order valence-corrected chi connectivity index (χ2v) is 8.82. The number of benzene rings is 1. The highest BCUT2D eigenvalue weighted by Gasteiger charge is 2.30. The lowest BCUT2D eigenvalue weighted by Crippen LogP contribution is -2.25. The smallest absolute Gasteiger partial charge is 0.280 e. The molecule has 1 saturated heterocycles. The number of carbonyl (C=O) groups is 1. The van der Waals surface area contributed by atoms with E-state index in [-0.39, 0.29) is 11.6 Å². The Labute approximate surface area is 189 Å². The van der Waals surface area contributed by atoms with E-state index in [2.05, 4.69) is 20.4 Å². The van der Waals surface area contributed by atoms with E-state index < -0.39 is 18.0 Å². The number of rotatable bonds is 7. The van der Waals surface area contributed by atoms with Gasteiger partial charge >= 0.3 is 0 Å². The Balaban J connectivity index is 1.60. The van der Waals surface area contributed by atoms with E-state index in [1.807, 2.05) is 42.9 Å². The molecule has 4 aromatic rings. The Kier molecular flexibility index (Phi) is 5.65. The van der Waals surface area contributed by atoms with Crippen LogP contribution in [0.4, 0.5) is 8.78 Å². The van der Waals surface area contributed by atoms with Crippen molar-refractivity contribution in [1.29, 1.82) is 0 Å². The summed E-state index contributed by atoms with van der Waals surface area (Å²) >= 11 is 0. The molecule has 1 aliphatic heterocycles. The van der Waals surface area contributed by atoms with Crippen LogP contribution in [0, 0.1) is 6.92 Å². The molecule has 0 radical (unpaired) electrons. The molecule has 7 nitrogen and oxygen atoms in total. The molecule has 33 heavy (non-hydrogen) atoms. The minimum Gasteiger partial charge on any atom is -0.351 e. The van der Waals surface area contributed by atoms with Gasteiger partial charge in [-0.2, -0.15) is 10.1 Å². The van der Waals surface area contributed by atoms with Crippen LogP contribution in [0.2, 0.25) is 0 Å². The first kappa shape index (κ1) is 21.6. The molecule has 0 bridgehead atoms. The summed E-state index contributed by atoms with van der Waals surface area (Å²) in [6, 6.07) is 7.51. The molecule has 5 rings (SSSR count). The van der Waals surface area contributed by atoms with Crippen LogP contribution >= 0.6 is 0 Å². The summed E-state index contributed by atoms with van der Waals surface area (Å²) in [5.74, 6) is -0.661. The lowest BCUT2D eigenvalue weighted by molar-refractivity contribution is 0.0948. The first-order valence-electron chi connectivity index (χ1n) is 11.2. The number of carbonyl (C=O) groups excluding carboxylic acids is 1. The molecule has 1 fully saturated rings. The van der Waals surface area contributed by atoms with Gasteiger partial charge in [0.15, 0.2) is 5.78 Å². The van der Waals surface area contributed by atoms with Crippen molar-refractivity contribution in [2.45, 2.75) is 51.0 Å². The third-order valence-corrected chi connectivity index (χ3v) is 6.66. The van der Waals surface area contributed by atoms with Crippen molar-refractivity contribution in [2.75, 3.05) is 6.54 Å². The quantitative estimate of drug-likeness (QED) is 0.422. The van der Waals surface area contributed by atoms with E-state index in [1.165, 1.54) is 16.9 Å². The first-order chi connectivity index (χ1) is 15.9. The number of aromatic nitrogens is 5. The molecule has 0 aliphatic carbocycles. The predicted octanol–water partition coefficient (Wildman–Crippen LogP) is 4.36. The minimum absolute atomic E-state index is 0.0785. The van der Waals surface area contributed by atoms with Gasteiger partial charge in [0.05, 0.1) is 11.6 Å². The minimum atomic E-state index is -2.76. The summed E-state index contributed by atoms with van der Waals surface area (Å²) < 4.78 is 30.7. The third kappa shape index (κ3) is 4.01. The molecule has 172 valence electrons. The van der Waals surface area contributed by atoms with Crippen molar-refractivity contribution >= 4 is 22.5 Å². The molecule has 0 amide bonds. The fourth-order valence-electron chi connectivity index (χ4n) is 4.87. The lowest BCUT2D eigenvalue weighted by Gasteiger charge is -2.21. The van der Waals surface area contributed by atoms with Crippen molar-refractivity contribution in [2.24, 2.45) is 7.05 Å². The normalized spacial score (nSPS) is 17.4. The number of fused-ring (bicyclic) bond motifs is 2. The second-order valence-electron chi connectivity index (χ2n) is 8.82. The van der Waals surface area contributed by atoms with Crippen molar-refractivity contribution in [3.63, 3.8) is 0 Å². The molecule has 1 N–H and O–H groups in total. The van der Waals surface area contributed by atoms with Crippen molar-refractivity contribution in [3.05, 3.63) is 59.3 Å². The number of Topliss-reactive ketones (excluding diaryl/α,β-unsaturated/α-hetero) is 1. The summed E-state index contributed by atoms with van der Waals surface area (Å²) in [5, 5.41) is 8.63. The highest BCUT2D eigenvalue weighted by molar-refractivity contribution is 6.04. The molecule has 1 aromatic carbocycles. The Bertz CT molecular complexity index is 1320. The summed E-state index contributed by atoms with van der Waals surface area (Å²) in [7, 11) is 1.96. The second kappa shape index (κ2) is 8.62. The topological polar surface area (TPSA) is 77.1 Å². The maximum Gasteiger partial charge on any atom is 0.280 e. The van der Waals surface area contributed by atoms with Crippen LogP contribution in [-0.4, -0.2) is 42.5 Å². The van der Waals surface area contributed by atoms with E-state index in [0.717, 1.165) is 42.3 Å². The van der Waals surface area contributed by atoms with Crippen LogP contribution in [0.5, 0.6) is 0 Å². The molecule has 2 atom stereocenters. The average molecular weight is 453 g/mol. The predicted molar refractivity (Wildman–Crippen MR) is 121 cm³/mol. The molecule has 1 aliphatic rings. The standard InChI is InChI=1S/C24H26F2N6O/c1-14-10-20-15(7-9-31(20)2)11-18(14)22(33)17(6-5-16-4-3-8-27-16)21-12-19(23(25)26)30-24-28-13-29-32(21)24/h7,9-13,16-17,23,27H,3-6,8H2,1-2H3/t16-,17?/m0/s1. The average Bonchev–Trinajstić information content (AvgIpc) is 3.55. The van der Waals surface area contributed by atoms with Gasteiger partial charge in [0, 0.05) is 35.8 Å². The molecule has 0 spiro atoms. The summed E-state index contributed by atoms with van der Waals surface area (Å²) in [4.78, 5) is 21.9. The van der Waals surface area contributed by atoms with E-state index in [4.69, 9.17) is 0 Å². The van der Waals surface area contributed by atoms with Gasteiger partial charge < -0.3 is 9.88 Å². The van der Waals surface area contributed by atoms with E-state index in [0.29, 0.717) is 23.7 Å². The Morgan fingerprint density at radius 2 is 2.15 bits per heavy atom. The van der Waals surface area contributed by atoms with Crippen LogP contribution in [0.1, 0.15) is 65.3 Å². The van der Waals surface area contributed by atoms with Gasteiger partial charge in [-0.1, -0.05) is 0 Å². The maximum atomic E-state index is 14.0. The molecular weight excluding hydrogens is 426 g/mol. The number of hydrogen-bond donors (Lipinski definition) is 1. The molecular formula is C24H26F2N6O. The maximum absolute atomic E-state index is 14.0. The van der Waals surface area contributed by atoms with E-state index >= 15 is 0 Å². The highest BCUT2D eigenvalue weighted by atomic mass is 19.3. The van der Waals surface area contributed by atoms with Crippen molar-refractivity contribution < 1.29 is 13.6 Å². The molecule has 4 heterocycles. The first-order valence-corrected chi connectivity index (χ1v) is 11.2. The zero-order chi connectivity index (χ0) is 23.1. The van der Waals surface area contributed by atoms with Crippen LogP contribution in [0.25, 0.3) is 16.7 Å². The van der Waals surface area contributed by atoms with Gasteiger partial charge in [0.1, 0.15) is 12.0 Å². The number of hydrogen-bond acceptors (Lipinski definition) is 5. The number of halogens is 2. The summed E-state index contributed by atoms with van der Waals surface area (Å²) in [5.41, 5.74) is 2.51. The van der Waals surface area contributed by atoms with Crippen LogP contribution in [0.3, 0.4) is 0 Å². The van der Waals surface area contributed by atoms with Gasteiger partial charge in [0.2, 0.25) is 0 Å². The fraction of sp³-hybridized carbons (Fsp3) is 0.417. The number of alkyl halides is 2. The summed E-state index contributed by atoms with van der Waals surface area (Å²) in [6.07, 6.45) is 3.91. The largest absolute Gasteiger partial charge is 0.351 e. The van der Waals surface area contributed by atoms with Gasteiger partial charge in [-0.15, -0.1) is 0 Å². The SMILES string of the molecule is Cc1cc2c(ccn2C)cc1C(=O)C(CC[C@@H]1CCCN1)c1cc(C(F)F)nc2ncnn12. The zero-order valence-corrected chi connectivity index (χ0v) is 18.6. The van der Waals surface area contributed by atoms with Crippen molar-refractivity contribution in [3.8, 4) is 0 Å². The van der Waals surface area contributed by atoms with Crippen LogP contribution in [-0.2, 0) is 7.05 Å². The van der Waals surface area contributed by atoms with Crippen LogP contribution < -0.4 is 5.32 Å². The number of nitrogens with zero attached hydrogens (tertiary/aromatic N) is 5. The number of aryl methyl sites for hydroxylation is 2. The van der Waals surface area contributed by atoms with Gasteiger partial charge in [-0.3, -0.25) is 4.79 Å².